The summed E-state index contributed by atoms with van der Waals surface area (Å²) in [7, 11) is 0. The number of carbonyl (C=O) groups is 2. The van der Waals surface area contributed by atoms with Gasteiger partial charge in [-0.1, -0.05) is 17.3 Å². The number of rotatable bonds is 5. The molecule has 110 valence electrons. The number of aryl methyl sites for hydroxylation is 2. The first-order valence-electron chi connectivity index (χ1n) is 6.30. The van der Waals surface area contributed by atoms with Crippen LogP contribution in [-0.2, 0) is 4.74 Å². The number of aromatic nitrogens is 1. The molecule has 1 aromatic heterocycles. The maximum absolute atomic E-state index is 12.0. The van der Waals surface area contributed by atoms with E-state index >= 15 is 0 Å². The van der Waals surface area contributed by atoms with Gasteiger partial charge in [-0.2, -0.15) is 0 Å². The Bertz CT molecular complexity index is 641. The van der Waals surface area contributed by atoms with E-state index in [-0.39, 0.29) is 18.0 Å². The SMILES string of the molecule is CSc1ccc(C(=O)COC(=O)c2c(C)noc2C)cc1. The van der Waals surface area contributed by atoms with Crippen LogP contribution in [-0.4, -0.2) is 29.8 Å². The summed E-state index contributed by atoms with van der Waals surface area (Å²) in [6.07, 6.45) is 1.96. The highest BCUT2D eigenvalue weighted by Gasteiger charge is 2.20. The van der Waals surface area contributed by atoms with Crippen molar-refractivity contribution in [2.24, 2.45) is 0 Å². The third-order valence-electron chi connectivity index (χ3n) is 2.98. The molecule has 6 heteroatoms. The smallest absolute Gasteiger partial charge is 0.344 e. The monoisotopic (exact) mass is 305 g/mol. The molecule has 0 N–H and O–H groups in total. The lowest BCUT2D eigenvalue weighted by atomic mass is 10.1. The molecule has 2 rings (SSSR count). The summed E-state index contributed by atoms with van der Waals surface area (Å²) in [5, 5.41) is 3.68. The van der Waals surface area contributed by atoms with Gasteiger partial charge in [-0.15, -0.1) is 11.8 Å². The number of thioether (sulfide) groups is 1. The average Bonchev–Trinajstić information content (AvgIpc) is 2.83. The van der Waals surface area contributed by atoms with E-state index in [0.29, 0.717) is 17.0 Å². The van der Waals surface area contributed by atoms with Crippen LogP contribution in [0.3, 0.4) is 0 Å². The minimum absolute atomic E-state index is 0.247. The molecular formula is C15H15NO4S. The van der Waals surface area contributed by atoms with Crippen LogP contribution in [0, 0.1) is 13.8 Å². The Morgan fingerprint density at radius 1 is 1.24 bits per heavy atom. The summed E-state index contributed by atoms with van der Waals surface area (Å²) in [6.45, 7) is 2.97. The zero-order chi connectivity index (χ0) is 15.4. The van der Waals surface area contributed by atoms with Crippen molar-refractivity contribution < 1.29 is 18.8 Å². The number of hydrogen-bond donors (Lipinski definition) is 0. The van der Waals surface area contributed by atoms with Crippen LogP contribution in [0.5, 0.6) is 0 Å². The molecule has 0 aliphatic carbocycles. The quantitative estimate of drug-likeness (QED) is 0.480. The van der Waals surface area contributed by atoms with Crippen molar-refractivity contribution >= 4 is 23.5 Å². The summed E-state index contributed by atoms with van der Waals surface area (Å²) < 4.78 is 9.92. The first-order chi connectivity index (χ1) is 10.0. The molecule has 5 nitrogen and oxygen atoms in total. The molecule has 2 aromatic rings. The van der Waals surface area contributed by atoms with Gasteiger partial charge in [0.25, 0.3) is 0 Å². The molecule has 0 aliphatic rings. The normalized spacial score (nSPS) is 10.4. The summed E-state index contributed by atoms with van der Waals surface area (Å²) in [5.74, 6) is -0.461. The van der Waals surface area contributed by atoms with Crippen molar-refractivity contribution in [2.75, 3.05) is 12.9 Å². The molecule has 1 heterocycles. The van der Waals surface area contributed by atoms with Crippen molar-refractivity contribution in [1.29, 1.82) is 0 Å². The number of ketones is 1. The van der Waals surface area contributed by atoms with Gasteiger partial charge in [-0.05, 0) is 32.2 Å². The molecule has 0 saturated heterocycles. The number of Topliss-reactive ketones (excluding diaryl/α,β-unsaturated/α-hetero) is 1. The summed E-state index contributed by atoms with van der Waals surface area (Å²) in [6, 6.07) is 7.15. The van der Waals surface area contributed by atoms with Gasteiger partial charge in [0, 0.05) is 10.5 Å². The molecule has 1 aromatic carbocycles. The van der Waals surface area contributed by atoms with Crippen molar-refractivity contribution in [3.05, 3.63) is 46.8 Å². The zero-order valence-corrected chi connectivity index (χ0v) is 12.8. The largest absolute Gasteiger partial charge is 0.454 e. The van der Waals surface area contributed by atoms with E-state index in [2.05, 4.69) is 5.16 Å². The molecule has 0 saturated carbocycles. The van der Waals surface area contributed by atoms with E-state index in [0.717, 1.165) is 4.90 Å². The number of benzene rings is 1. The summed E-state index contributed by atoms with van der Waals surface area (Å²) in [5.41, 5.74) is 1.24. The van der Waals surface area contributed by atoms with Crippen LogP contribution < -0.4 is 0 Å². The molecule has 0 radical (unpaired) electrons. The second-order valence-corrected chi connectivity index (χ2v) is 5.31. The predicted octanol–water partition coefficient (Wildman–Crippen LogP) is 3.05. The van der Waals surface area contributed by atoms with Gasteiger partial charge in [0.2, 0.25) is 0 Å². The lowest BCUT2D eigenvalue weighted by Crippen LogP contribution is -2.15. The van der Waals surface area contributed by atoms with Crippen LogP contribution in [0.25, 0.3) is 0 Å². The van der Waals surface area contributed by atoms with Crippen molar-refractivity contribution in [3.8, 4) is 0 Å². The Hall–Kier alpha value is -2.08. The molecule has 0 amide bonds. The molecule has 0 spiro atoms. The fourth-order valence-corrected chi connectivity index (χ4v) is 2.25. The number of ether oxygens (including phenoxy) is 1. The molecule has 21 heavy (non-hydrogen) atoms. The third-order valence-corrected chi connectivity index (χ3v) is 3.73. The van der Waals surface area contributed by atoms with Crippen LogP contribution >= 0.6 is 11.8 Å². The van der Waals surface area contributed by atoms with Crippen LogP contribution in [0.1, 0.15) is 32.2 Å². The number of hydrogen-bond acceptors (Lipinski definition) is 6. The van der Waals surface area contributed by atoms with Crippen molar-refractivity contribution in [2.45, 2.75) is 18.7 Å². The van der Waals surface area contributed by atoms with Gasteiger partial charge in [-0.3, -0.25) is 4.79 Å². The zero-order valence-electron chi connectivity index (χ0n) is 12.0. The maximum Gasteiger partial charge on any atom is 0.344 e. The Balaban J connectivity index is 1.99. The van der Waals surface area contributed by atoms with Gasteiger partial charge < -0.3 is 9.26 Å². The van der Waals surface area contributed by atoms with Gasteiger partial charge >= 0.3 is 5.97 Å². The van der Waals surface area contributed by atoms with E-state index in [1.54, 1.807) is 37.7 Å². The fraction of sp³-hybridized carbons (Fsp3) is 0.267. The van der Waals surface area contributed by atoms with Crippen LogP contribution in [0.2, 0.25) is 0 Å². The molecular weight excluding hydrogens is 290 g/mol. The first-order valence-corrected chi connectivity index (χ1v) is 7.52. The lowest BCUT2D eigenvalue weighted by molar-refractivity contribution is 0.0472. The third kappa shape index (κ3) is 3.52. The van der Waals surface area contributed by atoms with E-state index in [9.17, 15) is 9.59 Å². The molecule has 0 unspecified atom stereocenters. The highest BCUT2D eigenvalue weighted by atomic mass is 32.2. The topological polar surface area (TPSA) is 69.4 Å². The van der Waals surface area contributed by atoms with E-state index in [4.69, 9.17) is 9.26 Å². The Labute approximate surface area is 126 Å². The first kappa shape index (κ1) is 15.3. The molecule has 0 bridgehead atoms. The van der Waals surface area contributed by atoms with E-state index in [1.807, 2.05) is 18.4 Å². The van der Waals surface area contributed by atoms with Gasteiger partial charge in [-0.25, -0.2) is 4.79 Å². The van der Waals surface area contributed by atoms with Crippen LogP contribution in [0.15, 0.2) is 33.7 Å². The average molecular weight is 305 g/mol. The molecule has 0 fully saturated rings. The van der Waals surface area contributed by atoms with Gasteiger partial charge in [0.1, 0.15) is 11.3 Å². The second-order valence-electron chi connectivity index (χ2n) is 4.43. The Kier molecular flexibility index (Phi) is 4.80. The van der Waals surface area contributed by atoms with E-state index < -0.39 is 5.97 Å². The number of carbonyl (C=O) groups excluding carboxylic acids is 2. The maximum atomic E-state index is 12.0. The van der Waals surface area contributed by atoms with Crippen molar-refractivity contribution in [3.63, 3.8) is 0 Å². The summed E-state index contributed by atoms with van der Waals surface area (Å²) >= 11 is 1.59. The minimum Gasteiger partial charge on any atom is -0.454 e. The number of esters is 1. The highest BCUT2D eigenvalue weighted by Crippen LogP contribution is 2.16. The van der Waals surface area contributed by atoms with Gasteiger partial charge in [0.15, 0.2) is 12.4 Å². The van der Waals surface area contributed by atoms with Gasteiger partial charge in [0.05, 0.1) is 5.69 Å². The number of nitrogens with zero attached hydrogens (tertiary/aromatic N) is 1. The second kappa shape index (κ2) is 6.58. The Morgan fingerprint density at radius 3 is 2.43 bits per heavy atom. The molecule has 0 aliphatic heterocycles. The lowest BCUT2D eigenvalue weighted by Gasteiger charge is -2.04. The predicted molar refractivity (Wildman–Crippen MR) is 78.8 cm³/mol. The van der Waals surface area contributed by atoms with Crippen LogP contribution in [0.4, 0.5) is 0 Å². The standard InChI is InChI=1S/C15H15NO4S/c1-9-14(10(2)20-16-9)15(18)19-8-13(17)11-4-6-12(21-3)7-5-11/h4-7H,8H2,1-3H3. The highest BCUT2D eigenvalue weighted by molar-refractivity contribution is 7.98. The van der Waals surface area contributed by atoms with E-state index in [1.165, 1.54) is 0 Å². The Morgan fingerprint density at radius 2 is 1.90 bits per heavy atom. The molecule has 0 atom stereocenters. The fourth-order valence-electron chi connectivity index (χ4n) is 1.84. The minimum atomic E-state index is -0.597. The van der Waals surface area contributed by atoms with Crippen molar-refractivity contribution in [1.82, 2.24) is 5.16 Å². The summed E-state index contributed by atoms with van der Waals surface area (Å²) in [4.78, 5) is 24.9.